The molecule has 2 aromatic rings. The van der Waals surface area contributed by atoms with Crippen LogP contribution in [0, 0.1) is 17.3 Å². The fourth-order valence-corrected chi connectivity index (χ4v) is 6.00. The molecule has 0 aromatic heterocycles. The molecule has 2 atom stereocenters. The molecule has 0 aliphatic rings. The lowest BCUT2D eigenvalue weighted by Gasteiger charge is -2.47. The second-order valence-corrected chi connectivity index (χ2v) is 14.0. The first kappa shape index (κ1) is 33.1. The molecule has 0 saturated heterocycles. The maximum atomic E-state index is 13.9. The monoisotopic (exact) mass is 623 g/mol. The van der Waals surface area contributed by atoms with Gasteiger partial charge in [0.25, 0.3) is 10.0 Å². The Morgan fingerprint density at radius 3 is 2.10 bits per heavy atom. The molecule has 0 radical (unpaired) electrons. The molecule has 0 spiro atoms. The second-order valence-electron chi connectivity index (χ2n) is 11.7. The molecule has 0 aliphatic heterocycles. The number of aryl methyl sites for hydroxylation is 1. The van der Waals surface area contributed by atoms with E-state index in [-0.39, 0.29) is 27.5 Å². The van der Waals surface area contributed by atoms with Gasteiger partial charge in [0.2, 0.25) is 11.8 Å². The Hall–Kier alpha value is -2.11. The molecule has 10 heteroatoms. The predicted molar refractivity (Wildman–Crippen MR) is 156 cm³/mol. The van der Waals surface area contributed by atoms with E-state index < -0.39 is 39.0 Å². The van der Waals surface area contributed by atoms with Crippen molar-refractivity contribution in [2.45, 2.75) is 77.9 Å². The van der Waals surface area contributed by atoms with E-state index in [9.17, 15) is 23.2 Å². The molecule has 0 bridgehead atoms. The summed E-state index contributed by atoms with van der Waals surface area (Å²) in [6.07, 6.45) is 1.60. The van der Waals surface area contributed by atoms with Crippen LogP contribution in [0.2, 0.25) is 0 Å². The van der Waals surface area contributed by atoms with Gasteiger partial charge in [-0.3, -0.25) is 20.5 Å². The number of carbonyl (C=O) groups is 2. The van der Waals surface area contributed by atoms with Gasteiger partial charge in [-0.15, -0.1) is 0 Å². The molecule has 3 N–H and O–H groups in total. The summed E-state index contributed by atoms with van der Waals surface area (Å²) in [5, 5.41) is 11.2. The zero-order valence-electron chi connectivity index (χ0n) is 23.7. The minimum Gasteiger partial charge on any atom is -0.296 e. The lowest BCUT2D eigenvalue weighted by atomic mass is 9.89. The van der Waals surface area contributed by atoms with E-state index >= 15 is 0 Å². The van der Waals surface area contributed by atoms with Crippen LogP contribution in [0.15, 0.2) is 59.5 Å². The Kier molecular flexibility index (Phi) is 11.5. The van der Waals surface area contributed by atoms with Crippen LogP contribution in [0.25, 0.3) is 0 Å². The number of carbonyl (C=O) groups excluding carboxylic acids is 2. The van der Waals surface area contributed by atoms with Crippen LogP contribution < -0.4 is 5.73 Å². The van der Waals surface area contributed by atoms with Gasteiger partial charge < -0.3 is 0 Å². The van der Waals surface area contributed by atoms with Gasteiger partial charge in [-0.25, -0.2) is 13.3 Å². The Labute approximate surface area is 241 Å². The van der Waals surface area contributed by atoms with Gasteiger partial charge in [-0.05, 0) is 58.3 Å². The van der Waals surface area contributed by atoms with E-state index in [4.69, 9.17) is 5.73 Å². The highest BCUT2D eigenvalue weighted by atomic mass is 79.9. The van der Waals surface area contributed by atoms with Crippen molar-refractivity contribution in [1.82, 2.24) is 9.37 Å². The molecular weight excluding hydrogens is 582 g/mol. The molecule has 0 aliphatic carbocycles. The molecule has 2 rings (SSSR count). The molecule has 216 valence electrons. The molecule has 2 amide bonds. The van der Waals surface area contributed by atoms with Gasteiger partial charge in [0.15, 0.2) is 5.79 Å². The summed E-state index contributed by atoms with van der Waals surface area (Å²) in [4.78, 5) is 27.4. The van der Waals surface area contributed by atoms with Crippen LogP contribution in [0.4, 0.5) is 0 Å². The first-order chi connectivity index (χ1) is 18.0. The number of hydroxylamine groups is 1. The summed E-state index contributed by atoms with van der Waals surface area (Å²) >= 11 is 3.11. The number of rotatable bonds is 12. The Morgan fingerprint density at radius 2 is 1.56 bits per heavy atom. The van der Waals surface area contributed by atoms with Crippen LogP contribution in [-0.4, -0.2) is 45.9 Å². The maximum Gasteiger partial charge on any atom is 0.268 e. The number of amides is 2. The Balaban J connectivity index is 2.68. The highest BCUT2D eigenvalue weighted by Gasteiger charge is 2.53. The average Bonchev–Trinajstić information content (AvgIpc) is 2.86. The topological polar surface area (TPSA) is 121 Å². The summed E-state index contributed by atoms with van der Waals surface area (Å²) < 4.78 is 27.8. The van der Waals surface area contributed by atoms with Crippen molar-refractivity contribution in [2.24, 2.45) is 23.0 Å². The van der Waals surface area contributed by atoms with E-state index in [2.05, 4.69) is 29.8 Å². The van der Waals surface area contributed by atoms with Crippen molar-refractivity contribution in [3.05, 3.63) is 65.7 Å². The number of nitrogens with zero attached hydrogens (tertiary/aromatic N) is 2. The number of benzene rings is 2. The predicted octanol–water partition coefficient (Wildman–Crippen LogP) is 5.33. The van der Waals surface area contributed by atoms with Crippen molar-refractivity contribution in [2.75, 3.05) is 5.33 Å². The van der Waals surface area contributed by atoms with Crippen molar-refractivity contribution < 1.29 is 23.2 Å². The van der Waals surface area contributed by atoms with Crippen molar-refractivity contribution >= 4 is 37.8 Å². The lowest BCUT2D eigenvalue weighted by Crippen LogP contribution is -2.73. The van der Waals surface area contributed by atoms with Crippen LogP contribution in [0.3, 0.4) is 0 Å². The Morgan fingerprint density at radius 1 is 0.974 bits per heavy atom. The van der Waals surface area contributed by atoms with Gasteiger partial charge in [0, 0.05) is 12.3 Å². The summed E-state index contributed by atoms with van der Waals surface area (Å²) in [5.74, 6) is -4.33. The highest BCUT2D eigenvalue weighted by molar-refractivity contribution is 9.09. The van der Waals surface area contributed by atoms with Gasteiger partial charge in [0.05, 0.1) is 10.2 Å². The molecule has 2 aromatic carbocycles. The fraction of sp³-hybridized carbons (Fsp3) is 0.517. The molecule has 0 unspecified atom stereocenters. The smallest absolute Gasteiger partial charge is 0.268 e. The highest BCUT2D eigenvalue weighted by Crippen LogP contribution is 2.34. The van der Waals surface area contributed by atoms with Crippen molar-refractivity contribution in [3.8, 4) is 0 Å². The van der Waals surface area contributed by atoms with Crippen LogP contribution in [-0.2, 0) is 32.5 Å². The second kappa shape index (κ2) is 13.5. The maximum absolute atomic E-state index is 13.9. The number of imide groups is 1. The zero-order chi connectivity index (χ0) is 29.6. The van der Waals surface area contributed by atoms with Crippen LogP contribution in [0.5, 0.6) is 0 Å². The summed E-state index contributed by atoms with van der Waals surface area (Å²) in [6.45, 7) is 11.2. The third-order valence-corrected chi connectivity index (χ3v) is 8.58. The van der Waals surface area contributed by atoms with Gasteiger partial charge in [-0.2, -0.15) is 0 Å². The van der Waals surface area contributed by atoms with Crippen molar-refractivity contribution in [3.63, 3.8) is 0 Å². The summed E-state index contributed by atoms with van der Waals surface area (Å²) in [7, 11) is -4.66. The number of nitrogens with two attached hydrogens (primary N) is 1. The molecular formula is C29H42BrN3O5S. The van der Waals surface area contributed by atoms with Crippen molar-refractivity contribution in [1.29, 1.82) is 0 Å². The number of hydrogen-bond acceptors (Lipinski definition) is 6. The summed E-state index contributed by atoms with van der Waals surface area (Å²) in [6, 6.07) is 15.4. The minimum atomic E-state index is -4.66. The third kappa shape index (κ3) is 8.44. The lowest BCUT2D eigenvalue weighted by molar-refractivity contribution is -0.197. The zero-order valence-corrected chi connectivity index (χ0v) is 26.1. The van der Waals surface area contributed by atoms with E-state index in [1.54, 1.807) is 13.0 Å². The number of halogens is 1. The summed E-state index contributed by atoms with van der Waals surface area (Å²) in [5.41, 5.74) is 7.85. The quantitative estimate of drug-likeness (QED) is 0.187. The van der Waals surface area contributed by atoms with Crippen LogP contribution >= 0.6 is 15.9 Å². The minimum absolute atomic E-state index is 0.0102. The first-order valence-corrected chi connectivity index (χ1v) is 15.7. The number of hydrogen-bond donors (Lipinski definition) is 2. The third-order valence-electron chi connectivity index (χ3n) is 6.50. The van der Waals surface area contributed by atoms with Crippen LogP contribution in [0.1, 0.15) is 65.5 Å². The normalized spacial score (nSPS) is 14.7. The molecule has 8 nitrogen and oxygen atoms in total. The fourth-order valence-electron chi connectivity index (χ4n) is 4.35. The van der Waals surface area contributed by atoms with E-state index in [0.29, 0.717) is 17.2 Å². The van der Waals surface area contributed by atoms with E-state index in [0.717, 1.165) is 17.5 Å². The average molecular weight is 625 g/mol. The molecule has 0 saturated carbocycles. The number of sulfonamides is 1. The number of alkyl halides is 1. The molecule has 39 heavy (non-hydrogen) atoms. The van der Waals surface area contributed by atoms with E-state index in [1.807, 2.05) is 57.2 Å². The SMILES string of the molecule is CC(C)CCc1cccc(S(=O)(=O)N(O)[C@](N)([C@H](C)Cc2ccccc2)N(C(=O)CBr)C(=O)CC(C)(C)C)c1. The Bertz CT molecular complexity index is 1230. The first-order valence-electron chi connectivity index (χ1n) is 13.1. The van der Waals surface area contributed by atoms with Gasteiger partial charge in [-0.1, -0.05) is 99.9 Å². The largest absolute Gasteiger partial charge is 0.296 e. The van der Waals surface area contributed by atoms with Gasteiger partial charge >= 0.3 is 0 Å². The van der Waals surface area contributed by atoms with E-state index in [1.165, 1.54) is 12.1 Å². The standard InChI is InChI=1S/C29H42BrN3O5S/c1-21(2)15-16-24-13-10-14-25(18-24)39(37,38)33(36)29(31,22(3)17-23-11-8-7-9-12-23)32(27(35)20-30)26(34)19-28(4,5)6/h7-14,18,21-22,36H,15-17,19-20,31H2,1-6H3/t22-,29+/m1/s1. The molecule has 0 heterocycles. The van der Waals surface area contributed by atoms with Gasteiger partial charge in [0.1, 0.15) is 0 Å². The molecule has 0 fully saturated rings.